The summed E-state index contributed by atoms with van der Waals surface area (Å²) in [6.45, 7) is -0.184. The van der Waals surface area contributed by atoms with Crippen molar-refractivity contribution in [2.24, 2.45) is 0 Å². The highest BCUT2D eigenvalue weighted by Crippen LogP contribution is 2.39. The van der Waals surface area contributed by atoms with E-state index in [2.05, 4.69) is 0 Å². The van der Waals surface area contributed by atoms with E-state index in [4.69, 9.17) is 41.6 Å². The van der Waals surface area contributed by atoms with E-state index in [1.165, 1.54) is 42.8 Å². The molecular formula is C20H23Cl2NO8S2. The molecule has 2 atom stereocenters. The van der Waals surface area contributed by atoms with Gasteiger partial charge in [0.1, 0.15) is 0 Å². The van der Waals surface area contributed by atoms with Gasteiger partial charge in [-0.1, -0.05) is 29.3 Å². The van der Waals surface area contributed by atoms with E-state index < -0.39 is 32.5 Å². The first-order valence-corrected chi connectivity index (χ1v) is 13.7. The summed E-state index contributed by atoms with van der Waals surface area (Å²) in [6, 6.07) is 8.95. The first kappa shape index (κ1) is 26.0. The second kappa shape index (κ2) is 10.3. The largest absolute Gasteiger partial charge is 0.493 e. The molecule has 1 unspecified atom stereocenters. The molecule has 1 aliphatic rings. The van der Waals surface area contributed by atoms with Crippen molar-refractivity contribution in [3.05, 3.63) is 52.0 Å². The second-order valence-corrected chi connectivity index (χ2v) is 11.5. The summed E-state index contributed by atoms with van der Waals surface area (Å²) in [6.07, 6.45) is -0.542. The van der Waals surface area contributed by atoms with E-state index in [1.807, 2.05) is 0 Å². The number of methoxy groups -OCH3 is 2. The quantitative estimate of drug-likeness (QED) is 0.445. The van der Waals surface area contributed by atoms with Crippen molar-refractivity contribution in [1.82, 2.24) is 4.31 Å². The van der Waals surface area contributed by atoms with E-state index in [9.17, 15) is 16.8 Å². The van der Waals surface area contributed by atoms with Gasteiger partial charge in [-0.2, -0.15) is 12.7 Å². The van der Waals surface area contributed by atoms with Gasteiger partial charge in [0.25, 0.3) is 10.1 Å². The second-order valence-electron chi connectivity index (χ2n) is 7.19. The zero-order valence-electron chi connectivity index (χ0n) is 18.0. The van der Waals surface area contributed by atoms with Gasteiger partial charge in [-0.05, 0) is 36.2 Å². The Morgan fingerprint density at radius 3 is 2.30 bits per heavy atom. The third-order valence-electron chi connectivity index (χ3n) is 4.89. The molecule has 0 N–H and O–H groups in total. The Hall–Kier alpha value is -1.60. The lowest BCUT2D eigenvalue weighted by molar-refractivity contribution is 0.0129. The molecule has 0 aliphatic carbocycles. The Bertz CT molecular complexity index is 1220. The fourth-order valence-corrected chi connectivity index (χ4v) is 5.59. The van der Waals surface area contributed by atoms with Crippen LogP contribution in [0.1, 0.15) is 18.2 Å². The zero-order valence-corrected chi connectivity index (χ0v) is 21.2. The lowest BCUT2D eigenvalue weighted by Crippen LogP contribution is -2.32. The third-order valence-corrected chi connectivity index (χ3v) is 8.04. The Morgan fingerprint density at radius 2 is 1.70 bits per heavy atom. The molecule has 0 aromatic heterocycles. The number of rotatable bonds is 9. The predicted molar refractivity (Wildman–Crippen MR) is 123 cm³/mol. The summed E-state index contributed by atoms with van der Waals surface area (Å²) in [5.41, 5.74) is 0.472. The summed E-state index contributed by atoms with van der Waals surface area (Å²) in [4.78, 5) is -0.0261. The Labute approximate surface area is 203 Å². The first-order valence-electron chi connectivity index (χ1n) is 9.65. The van der Waals surface area contributed by atoms with Gasteiger partial charge in [0, 0.05) is 12.6 Å². The van der Waals surface area contributed by atoms with Gasteiger partial charge < -0.3 is 14.2 Å². The van der Waals surface area contributed by atoms with E-state index in [0.29, 0.717) is 16.3 Å². The summed E-state index contributed by atoms with van der Waals surface area (Å²) in [5, 5.41) is 0.552. The summed E-state index contributed by atoms with van der Waals surface area (Å²) in [5.74, 6) is 0.633. The van der Waals surface area contributed by atoms with Crippen LogP contribution in [0.15, 0.2) is 41.3 Å². The van der Waals surface area contributed by atoms with Crippen molar-refractivity contribution in [2.45, 2.75) is 23.6 Å². The monoisotopic (exact) mass is 539 g/mol. The highest BCUT2D eigenvalue weighted by Gasteiger charge is 2.42. The molecule has 0 bridgehead atoms. The maximum atomic E-state index is 13.6. The van der Waals surface area contributed by atoms with Crippen LogP contribution in [0.25, 0.3) is 0 Å². The Balaban J connectivity index is 1.96. The molecule has 0 amide bonds. The van der Waals surface area contributed by atoms with Crippen LogP contribution in [0.3, 0.4) is 0 Å². The molecule has 13 heteroatoms. The van der Waals surface area contributed by atoms with Gasteiger partial charge in [0.15, 0.2) is 17.7 Å². The fraction of sp³-hybridized carbons (Fsp3) is 0.400. The third kappa shape index (κ3) is 6.10. The maximum absolute atomic E-state index is 13.6. The molecule has 1 saturated heterocycles. The van der Waals surface area contributed by atoms with Crippen LogP contribution in [0.2, 0.25) is 10.0 Å². The van der Waals surface area contributed by atoms with Gasteiger partial charge in [-0.3, -0.25) is 4.18 Å². The van der Waals surface area contributed by atoms with Crippen LogP contribution in [-0.4, -0.2) is 60.9 Å². The molecular weight excluding hydrogens is 517 g/mol. The average molecular weight is 540 g/mol. The van der Waals surface area contributed by atoms with Crippen LogP contribution in [-0.2, 0) is 29.1 Å². The molecule has 33 heavy (non-hydrogen) atoms. The minimum absolute atomic E-state index is 0.0261. The van der Waals surface area contributed by atoms with Crippen LogP contribution in [0.4, 0.5) is 0 Å². The van der Waals surface area contributed by atoms with Crippen LogP contribution >= 0.6 is 23.2 Å². The first-order chi connectivity index (χ1) is 15.5. The number of hydrogen-bond acceptors (Lipinski definition) is 8. The van der Waals surface area contributed by atoms with Crippen molar-refractivity contribution in [3.63, 3.8) is 0 Å². The minimum atomic E-state index is -4.07. The Kier molecular flexibility index (Phi) is 8.15. The van der Waals surface area contributed by atoms with Gasteiger partial charge >= 0.3 is 0 Å². The number of benzene rings is 2. The lowest BCUT2D eigenvalue weighted by atomic mass is 10.2. The lowest BCUT2D eigenvalue weighted by Gasteiger charge is -2.23. The number of nitrogens with zero attached hydrogens (tertiary/aromatic N) is 1. The molecule has 1 aliphatic heterocycles. The standard InChI is InChI=1S/C20H23Cl2NO8S2/c1-28-18-7-5-15(11-19(18)29-2)33(26,27)23-12-14(8-9-30-32(3,24)25)31-20(23)13-4-6-16(21)17(22)10-13/h4-7,10-11,14,20H,8-9,12H2,1-3H3/t14-,20?/m1/s1. The minimum Gasteiger partial charge on any atom is -0.493 e. The van der Waals surface area contributed by atoms with Crippen molar-refractivity contribution >= 4 is 43.3 Å². The van der Waals surface area contributed by atoms with E-state index in [0.717, 1.165) is 6.26 Å². The molecule has 0 saturated carbocycles. The van der Waals surface area contributed by atoms with Gasteiger partial charge in [0.05, 0.1) is 48.1 Å². The normalized spacial score (nSPS) is 19.5. The van der Waals surface area contributed by atoms with Crippen molar-refractivity contribution in [1.29, 1.82) is 0 Å². The summed E-state index contributed by atoms with van der Waals surface area (Å²) in [7, 11) is -4.85. The molecule has 2 aromatic carbocycles. The van der Waals surface area contributed by atoms with E-state index in [1.54, 1.807) is 12.1 Å². The fourth-order valence-electron chi connectivity index (χ4n) is 3.33. The van der Waals surface area contributed by atoms with Crippen LogP contribution in [0, 0.1) is 0 Å². The molecule has 2 aromatic rings. The van der Waals surface area contributed by atoms with Crippen molar-refractivity contribution < 1.29 is 35.2 Å². The summed E-state index contributed by atoms with van der Waals surface area (Å²) < 4.78 is 72.1. The van der Waals surface area contributed by atoms with E-state index in [-0.39, 0.29) is 35.2 Å². The van der Waals surface area contributed by atoms with Crippen LogP contribution in [0.5, 0.6) is 11.5 Å². The predicted octanol–water partition coefficient (Wildman–Crippen LogP) is 3.47. The number of ether oxygens (including phenoxy) is 3. The molecule has 1 heterocycles. The zero-order chi connectivity index (χ0) is 24.4. The summed E-state index contributed by atoms with van der Waals surface area (Å²) >= 11 is 12.1. The molecule has 0 radical (unpaired) electrons. The Morgan fingerprint density at radius 1 is 1.00 bits per heavy atom. The number of halogens is 2. The molecule has 1 fully saturated rings. The molecule has 3 rings (SSSR count). The molecule has 0 spiro atoms. The van der Waals surface area contributed by atoms with Gasteiger partial charge in [-0.15, -0.1) is 0 Å². The number of hydrogen-bond donors (Lipinski definition) is 0. The van der Waals surface area contributed by atoms with Gasteiger partial charge in [0.2, 0.25) is 10.0 Å². The molecule has 182 valence electrons. The smallest absolute Gasteiger partial charge is 0.264 e. The highest BCUT2D eigenvalue weighted by atomic mass is 35.5. The van der Waals surface area contributed by atoms with Gasteiger partial charge in [-0.25, -0.2) is 8.42 Å². The average Bonchev–Trinajstić information content (AvgIpc) is 3.19. The SMILES string of the molecule is COc1ccc(S(=O)(=O)N2C[C@@H](CCOS(C)(=O)=O)OC2c2ccc(Cl)c(Cl)c2)cc1OC. The van der Waals surface area contributed by atoms with Crippen LogP contribution < -0.4 is 9.47 Å². The van der Waals surface area contributed by atoms with E-state index >= 15 is 0 Å². The topological polar surface area (TPSA) is 108 Å². The van der Waals surface area contributed by atoms with Crippen molar-refractivity contribution in [3.8, 4) is 11.5 Å². The van der Waals surface area contributed by atoms with Crippen molar-refractivity contribution in [2.75, 3.05) is 33.6 Å². The molecule has 9 nitrogen and oxygen atoms in total. The number of sulfonamides is 1. The maximum Gasteiger partial charge on any atom is 0.264 e. The highest BCUT2D eigenvalue weighted by molar-refractivity contribution is 7.89.